The zero-order valence-electron chi connectivity index (χ0n) is 8.73. The number of aliphatic hydroxyl groups is 1. The van der Waals surface area contributed by atoms with E-state index in [9.17, 15) is 9.90 Å². The highest BCUT2D eigenvalue weighted by molar-refractivity contribution is 7.98. The van der Waals surface area contributed by atoms with Crippen LogP contribution in [0.25, 0.3) is 0 Å². The van der Waals surface area contributed by atoms with Gasteiger partial charge in [0.15, 0.2) is 5.72 Å². The van der Waals surface area contributed by atoms with Gasteiger partial charge in [0.2, 0.25) is 0 Å². The molecule has 0 radical (unpaired) electrons. The number of carbonyl (C=O) groups is 1. The lowest BCUT2D eigenvalue weighted by molar-refractivity contribution is -0.0514. The smallest absolute Gasteiger partial charge is 0.256 e. The Bertz CT molecular complexity index is 407. The van der Waals surface area contributed by atoms with Crippen LogP contribution in [0.5, 0.6) is 0 Å². The monoisotopic (exact) mass is 223 g/mol. The van der Waals surface area contributed by atoms with E-state index in [0.29, 0.717) is 16.9 Å². The number of fused-ring (bicyclic) bond motifs is 1. The van der Waals surface area contributed by atoms with E-state index in [1.807, 2.05) is 24.5 Å². The van der Waals surface area contributed by atoms with Gasteiger partial charge in [-0.15, -0.1) is 0 Å². The summed E-state index contributed by atoms with van der Waals surface area (Å²) in [7, 11) is 1.64. The summed E-state index contributed by atoms with van der Waals surface area (Å²) in [5, 5.41) is 10.5. The Morgan fingerprint density at radius 1 is 1.47 bits per heavy atom. The average Bonchev–Trinajstić information content (AvgIpc) is 2.43. The molecule has 4 heteroatoms. The van der Waals surface area contributed by atoms with Gasteiger partial charge >= 0.3 is 0 Å². The van der Waals surface area contributed by atoms with E-state index in [4.69, 9.17) is 0 Å². The van der Waals surface area contributed by atoms with Crippen LogP contribution in [0.2, 0.25) is 0 Å². The Hall–Kier alpha value is -1.00. The molecular weight excluding hydrogens is 210 g/mol. The van der Waals surface area contributed by atoms with Crippen molar-refractivity contribution in [3.8, 4) is 0 Å². The summed E-state index contributed by atoms with van der Waals surface area (Å²) in [6, 6.07) is 7.23. The van der Waals surface area contributed by atoms with E-state index in [2.05, 4.69) is 0 Å². The quantitative estimate of drug-likeness (QED) is 0.821. The Balaban J connectivity index is 2.55. The fourth-order valence-electron chi connectivity index (χ4n) is 1.92. The number of amides is 1. The first-order valence-corrected chi connectivity index (χ1v) is 6.09. The minimum atomic E-state index is -1.15. The molecule has 0 saturated heterocycles. The predicted molar refractivity (Wildman–Crippen MR) is 60.8 cm³/mol. The normalized spacial score (nSPS) is 24.5. The van der Waals surface area contributed by atoms with Crippen LogP contribution in [0, 0.1) is 0 Å². The van der Waals surface area contributed by atoms with Crippen molar-refractivity contribution in [2.45, 2.75) is 5.72 Å². The number of carbonyl (C=O) groups excluding carboxylic acids is 1. The van der Waals surface area contributed by atoms with Gasteiger partial charge in [-0.05, 0) is 12.3 Å². The van der Waals surface area contributed by atoms with E-state index in [-0.39, 0.29) is 5.91 Å². The van der Waals surface area contributed by atoms with Crippen LogP contribution in [0.4, 0.5) is 0 Å². The summed E-state index contributed by atoms with van der Waals surface area (Å²) >= 11 is 1.52. The number of benzene rings is 1. The maximum Gasteiger partial charge on any atom is 0.256 e. The Morgan fingerprint density at radius 2 is 2.13 bits per heavy atom. The van der Waals surface area contributed by atoms with E-state index in [1.165, 1.54) is 16.7 Å². The lowest BCUT2D eigenvalue weighted by Crippen LogP contribution is -2.43. The molecule has 1 N–H and O–H groups in total. The van der Waals surface area contributed by atoms with Crippen LogP contribution >= 0.6 is 11.8 Å². The van der Waals surface area contributed by atoms with Gasteiger partial charge in [-0.25, -0.2) is 0 Å². The second-order valence-corrected chi connectivity index (χ2v) is 4.53. The minimum absolute atomic E-state index is 0.109. The minimum Gasteiger partial charge on any atom is -0.366 e. The topological polar surface area (TPSA) is 40.5 Å². The third kappa shape index (κ3) is 1.36. The molecule has 0 fully saturated rings. The Labute approximate surface area is 93.1 Å². The third-order valence-corrected chi connectivity index (χ3v) is 3.49. The summed E-state index contributed by atoms with van der Waals surface area (Å²) in [6.07, 6.45) is 1.91. The molecule has 1 aliphatic rings. The van der Waals surface area contributed by atoms with Gasteiger partial charge in [0.1, 0.15) is 0 Å². The molecule has 15 heavy (non-hydrogen) atoms. The maximum absolute atomic E-state index is 11.8. The molecule has 1 heterocycles. The highest BCUT2D eigenvalue weighted by Crippen LogP contribution is 2.37. The first-order valence-electron chi connectivity index (χ1n) is 4.70. The number of hydrogen-bond donors (Lipinski definition) is 1. The highest BCUT2D eigenvalue weighted by Gasteiger charge is 2.45. The molecule has 0 saturated carbocycles. The second-order valence-electron chi connectivity index (χ2n) is 3.66. The van der Waals surface area contributed by atoms with Crippen molar-refractivity contribution in [1.82, 2.24) is 4.90 Å². The van der Waals surface area contributed by atoms with Crippen molar-refractivity contribution in [2.75, 3.05) is 19.1 Å². The maximum atomic E-state index is 11.8. The third-order valence-electron chi connectivity index (χ3n) is 2.79. The van der Waals surface area contributed by atoms with Gasteiger partial charge in [-0.2, -0.15) is 11.8 Å². The Kier molecular flexibility index (Phi) is 2.48. The van der Waals surface area contributed by atoms with Crippen molar-refractivity contribution in [1.29, 1.82) is 0 Å². The van der Waals surface area contributed by atoms with E-state index in [1.54, 1.807) is 13.1 Å². The summed E-state index contributed by atoms with van der Waals surface area (Å²) in [6.45, 7) is 0. The van der Waals surface area contributed by atoms with Crippen molar-refractivity contribution in [3.63, 3.8) is 0 Å². The SMILES string of the molecule is CSCC1(O)c2ccccc2C(=O)N1C. The molecule has 80 valence electrons. The zero-order chi connectivity index (χ0) is 11.1. The average molecular weight is 223 g/mol. The Morgan fingerprint density at radius 3 is 2.80 bits per heavy atom. The largest absolute Gasteiger partial charge is 0.366 e. The molecule has 1 unspecified atom stereocenters. The zero-order valence-corrected chi connectivity index (χ0v) is 9.54. The van der Waals surface area contributed by atoms with Crippen LogP contribution in [0.15, 0.2) is 24.3 Å². The molecule has 0 bridgehead atoms. The summed E-state index contributed by atoms with van der Waals surface area (Å²) in [5.41, 5.74) is 0.177. The molecule has 0 aliphatic carbocycles. The molecule has 1 atom stereocenters. The molecule has 1 aromatic rings. The molecule has 1 amide bonds. The summed E-state index contributed by atoms with van der Waals surface area (Å²) in [5.74, 6) is 0.383. The molecule has 0 spiro atoms. The lowest BCUT2D eigenvalue weighted by atomic mass is 10.0. The molecule has 2 rings (SSSR count). The fraction of sp³-hybridized carbons (Fsp3) is 0.364. The predicted octanol–water partition coefficient (Wildman–Crippen LogP) is 1.28. The van der Waals surface area contributed by atoms with E-state index < -0.39 is 5.72 Å². The lowest BCUT2D eigenvalue weighted by Gasteiger charge is -2.30. The van der Waals surface area contributed by atoms with Crippen molar-refractivity contribution in [2.24, 2.45) is 0 Å². The molecule has 1 aromatic carbocycles. The summed E-state index contributed by atoms with van der Waals surface area (Å²) in [4.78, 5) is 13.3. The van der Waals surface area contributed by atoms with Gasteiger partial charge in [0.05, 0.1) is 0 Å². The molecule has 0 aromatic heterocycles. The number of rotatable bonds is 2. The first-order chi connectivity index (χ1) is 7.11. The van der Waals surface area contributed by atoms with Gasteiger partial charge < -0.3 is 10.0 Å². The molecule has 1 aliphatic heterocycles. The van der Waals surface area contributed by atoms with Gasteiger partial charge in [0, 0.05) is 23.9 Å². The number of nitrogens with zero attached hydrogens (tertiary/aromatic N) is 1. The van der Waals surface area contributed by atoms with Crippen LogP contribution in [0.3, 0.4) is 0 Å². The fourth-order valence-corrected chi connectivity index (χ4v) is 2.68. The second kappa shape index (κ2) is 3.54. The standard InChI is InChI=1S/C11H13NO2S/c1-12-10(13)8-5-3-4-6-9(8)11(12,14)7-15-2/h3-6,14H,7H2,1-2H3. The number of thioether (sulfide) groups is 1. The van der Waals surface area contributed by atoms with E-state index in [0.717, 1.165) is 0 Å². The van der Waals surface area contributed by atoms with Crippen molar-refractivity contribution < 1.29 is 9.90 Å². The van der Waals surface area contributed by atoms with Gasteiger partial charge in [-0.3, -0.25) is 4.79 Å². The highest BCUT2D eigenvalue weighted by atomic mass is 32.2. The van der Waals surface area contributed by atoms with Gasteiger partial charge in [-0.1, -0.05) is 18.2 Å². The van der Waals surface area contributed by atoms with E-state index >= 15 is 0 Å². The van der Waals surface area contributed by atoms with Crippen molar-refractivity contribution in [3.05, 3.63) is 35.4 Å². The van der Waals surface area contributed by atoms with Crippen molar-refractivity contribution >= 4 is 17.7 Å². The first kappa shape index (κ1) is 10.5. The molecule has 3 nitrogen and oxygen atoms in total. The number of hydrogen-bond acceptors (Lipinski definition) is 3. The molecular formula is C11H13NO2S. The summed E-state index contributed by atoms with van der Waals surface area (Å²) < 4.78 is 0. The van der Waals surface area contributed by atoms with Crippen LogP contribution < -0.4 is 0 Å². The van der Waals surface area contributed by atoms with Crippen LogP contribution in [0.1, 0.15) is 15.9 Å². The van der Waals surface area contributed by atoms with Gasteiger partial charge in [0.25, 0.3) is 5.91 Å². The van der Waals surface area contributed by atoms with Crippen LogP contribution in [-0.2, 0) is 5.72 Å². The van der Waals surface area contributed by atoms with Crippen LogP contribution in [-0.4, -0.2) is 35.0 Å².